The molecule has 0 fully saturated rings. The van der Waals surface area contributed by atoms with Crippen LogP contribution in [0.3, 0.4) is 0 Å². The standard InChI is InChI=1S/C15H13FN2O/c16-12-5-6-13(14(17)7-12)15(19)18-8-10-3-1-2-4-11(10)9-18/h1-7H,8-9,17H2. The summed E-state index contributed by atoms with van der Waals surface area (Å²) in [6.07, 6.45) is 0. The number of amides is 1. The van der Waals surface area contributed by atoms with Gasteiger partial charge in [0.05, 0.1) is 5.56 Å². The van der Waals surface area contributed by atoms with Crippen LogP contribution in [0.5, 0.6) is 0 Å². The largest absolute Gasteiger partial charge is 0.398 e. The Balaban J connectivity index is 1.87. The normalized spacial score (nSPS) is 13.4. The number of nitrogens with two attached hydrogens (primary N) is 1. The molecule has 96 valence electrons. The maximum absolute atomic E-state index is 13.0. The van der Waals surface area contributed by atoms with Crippen LogP contribution in [-0.4, -0.2) is 10.8 Å². The van der Waals surface area contributed by atoms with Gasteiger partial charge in [0.2, 0.25) is 0 Å². The number of carbonyl (C=O) groups is 1. The number of rotatable bonds is 1. The lowest BCUT2D eigenvalue weighted by Gasteiger charge is -2.16. The smallest absolute Gasteiger partial charge is 0.256 e. The fraction of sp³-hybridized carbons (Fsp3) is 0.133. The van der Waals surface area contributed by atoms with Gasteiger partial charge in [-0.25, -0.2) is 4.39 Å². The molecule has 4 heteroatoms. The molecule has 1 heterocycles. The molecule has 0 bridgehead atoms. The van der Waals surface area contributed by atoms with E-state index in [9.17, 15) is 9.18 Å². The number of nitrogen functional groups attached to an aromatic ring is 1. The van der Waals surface area contributed by atoms with Crippen LogP contribution in [0.1, 0.15) is 21.5 Å². The SMILES string of the molecule is Nc1cc(F)ccc1C(=O)N1Cc2ccccc2C1. The van der Waals surface area contributed by atoms with E-state index in [-0.39, 0.29) is 11.6 Å². The Morgan fingerprint density at radius 2 is 1.74 bits per heavy atom. The lowest BCUT2D eigenvalue weighted by Crippen LogP contribution is -2.26. The molecule has 2 N–H and O–H groups in total. The summed E-state index contributed by atoms with van der Waals surface area (Å²) < 4.78 is 13.0. The van der Waals surface area contributed by atoms with Gasteiger partial charge in [0, 0.05) is 18.8 Å². The molecule has 19 heavy (non-hydrogen) atoms. The molecule has 0 atom stereocenters. The van der Waals surface area contributed by atoms with E-state index >= 15 is 0 Å². The Kier molecular flexibility index (Phi) is 2.71. The third-order valence-corrected chi connectivity index (χ3v) is 3.37. The lowest BCUT2D eigenvalue weighted by molar-refractivity contribution is 0.0752. The van der Waals surface area contributed by atoms with Crippen LogP contribution in [0.2, 0.25) is 0 Å². The second-order valence-corrected chi connectivity index (χ2v) is 4.66. The summed E-state index contributed by atoms with van der Waals surface area (Å²) in [5, 5.41) is 0. The quantitative estimate of drug-likeness (QED) is 0.797. The molecule has 0 aromatic heterocycles. The fourth-order valence-corrected chi connectivity index (χ4v) is 2.38. The summed E-state index contributed by atoms with van der Waals surface area (Å²) in [4.78, 5) is 14.1. The van der Waals surface area contributed by atoms with E-state index in [0.29, 0.717) is 18.7 Å². The van der Waals surface area contributed by atoms with Gasteiger partial charge in [0.25, 0.3) is 5.91 Å². The highest BCUT2D eigenvalue weighted by molar-refractivity contribution is 5.99. The molecule has 0 saturated heterocycles. The second kappa shape index (κ2) is 4.39. The van der Waals surface area contributed by atoms with Crippen molar-refractivity contribution < 1.29 is 9.18 Å². The van der Waals surface area contributed by atoms with E-state index in [0.717, 1.165) is 11.1 Å². The van der Waals surface area contributed by atoms with E-state index < -0.39 is 5.82 Å². The van der Waals surface area contributed by atoms with E-state index in [1.807, 2.05) is 24.3 Å². The Morgan fingerprint density at radius 3 is 2.32 bits per heavy atom. The molecule has 0 saturated carbocycles. The van der Waals surface area contributed by atoms with Gasteiger partial charge in [-0.1, -0.05) is 24.3 Å². The zero-order chi connectivity index (χ0) is 13.4. The second-order valence-electron chi connectivity index (χ2n) is 4.66. The van der Waals surface area contributed by atoms with E-state index in [1.54, 1.807) is 4.90 Å². The molecular weight excluding hydrogens is 243 g/mol. The minimum atomic E-state index is -0.432. The number of carbonyl (C=O) groups excluding carboxylic acids is 1. The van der Waals surface area contributed by atoms with Gasteiger partial charge >= 0.3 is 0 Å². The molecule has 1 aliphatic rings. The highest BCUT2D eigenvalue weighted by Crippen LogP contribution is 2.25. The molecule has 3 rings (SSSR count). The van der Waals surface area contributed by atoms with Gasteiger partial charge in [-0.15, -0.1) is 0 Å². The Hall–Kier alpha value is -2.36. The maximum atomic E-state index is 13.0. The fourth-order valence-electron chi connectivity index (χ4n) is 2.38. The molecule has 2 aromatic carbocycles. The van der Waals surface area contributed by atoms with Crippen molar-refractivity contribution in [3.63, 3.8) is 0 Å². The van der Waals surface area contributed by atoms with Gasteiger partial charge in [-0.3, -0.25) is 4.79 Å². The predicted octanol–water partition coefficient (Wildman–Crippen LogP) is 2.56. The Bertz CT molecular complexity index is 629. The zero-order valence-electron chi connectivity index (χ0n) is 10.3. The number of hydrogen-bond acceptors (Lipinski definition) is 2. The Morgan fingerprint density at radius 1 is 1.11 bits per heavy atom. The van der Waals surface area contributed by atoms with Crippen molar-refractivity contribution in [2.75, 3.05) is 5.73 Å². The minimum Gasteiger partial charge on any atom is -0.398 e. The van der Waals surface area contributed by atoms with Crippen molar-refractivity contribution in [3.05, 3.63) is 65.0 Å². The number of hydrogen-bond donors (Lipinski definition) is 1. The first kappa shape index (κ1) is 11.7. The van der Waals surface area contributed by atoms with Gasteiger partial charge < -0.3 is 10.6 Å². The maximum Gasteiger partial charge on any atom is 0.256 e. The molecule has 0 aliphatic carbocycles. The van der Waals surface area contributed by atoms with Crippen LogP contribution < -0.4 is 5.73 Å². The summed E-state index contributed by atoms with van der Waals surface area (Å²) in [6, 6.07) is 11.8. The third kappa shape index (κ3) is 2.05. The molecule has 3 nitrogen and oxygen atoms in total. The van der Waals surface area contributed by atoms with Crippen LogP contribution in [-0.2, 0) is 13.1 Å². The van der Waals surface area contributed by atoms with Crippen molar-refractivity contribution in [1.29, 1.82) is 0 Å². The summed E-state index contributed by atoms with van der Waals surface area (Å²) in [5.41, 5.74) is 8.54. The Labute approximate surface area is 110 Å². The van der Waals surface area contributed by atoms with Crippen molar-refractivity contribution in [1.82, 2.24) is 4.90 Å². The first-order valence-electron chi connectivity index (χ1n) is 6.06. The van der Waals surface area contributed by atoms with E-state index in [1.165, 1.54) is 18.2 Å². The van der Waals surface area contributed by atoms with Crippen LogP contribution in [0.15, 0.2) is 42.5 Å². The number of benzene rings is 2. The topological polar surface area (TPSA) is 46.3 Å². The lowest BCUT2D eigenvalue weighted by atomic mass is 10.1. The highest BCUT2D eigenvalue weighted by atomic mass is 19.1. The number of nitrogens with zero attached hydrogens (tertiary/aromatic N) is 1. The average Bonchev–Trinajstić information content (AvgIpc) is 2.81. The molecule has 0 radical (unpaired) electrons. The first-order valence-corrected chi connectivity index (χ1v) is 6.06. The van der Waals surface area contributed by atoms with Gasteiger partial charge in [0.15, 0.2) is 0 Å². The number of fused-ring (bicyclic) bond motifs is 1. The molecular formula is C15H13FN2O. The van der Waals surface area contributed by atoms with Gasteiger partial charge in [0.1, 0.15) is 5.82 Å². The van der Waals surface area contributed by atoms with Crippen molar-refractivity contribution >= 4 is 11.6 Å². The van der Waals surface area contributed by atoms with Crippen molar-refractivity contribution in [2.24, 2.45) is 0 Å². The molecule has 1 amide bonds. The molecule has 2 aromatic rings. The first-order chi connectivity index (χ1) is 9.15. The average molecular weight is 256 g/mol. The monoisotopic (exact) mass is 256 g/mol. The number of halogens is 1. The summed E-state index contributed by atoms with van der Waals surface area (Å²) in [5.74, 6) is -0.590. The minimum absolute atomic E-state index is 0.159. The highest BCUT2D eigenvalue weighted by Gasteiger charge is 2.25. The zero-order valence-corrected chi connectivity index (χ0v) is 10.3. The van der Waals surface area contributed by atoms with Crippen LogP contribution >= 0.6 is 0 Å². The van der Waals surface area contributed by atoms with Crippen molar-refractivity contribution in [3.8, 4) is 0 Å². The van der Waals surface area contributed by atoms with E-state index in [4.69, 9.17) is 5.73 Å². The van der Waals surface area contributed by atoms with E-state index in [2.05, 4.69) is 0 Å². The summed E-state index contributed by atoms with van der Waals surface area (Å²) in [6.45, 7) is 1.15. The predicted molar refractivity (Wildman–Crippen MR) is 70.8 cm³/mol. The number of anilines is 1. The van der Waals surface area contributed by atoms with Crippen LogP contribution in [0, 0.1) is 5.82 Å². The van der Waals surface area contributed by atoms with Crippen LogP contribution in [0.25, 0.3) is 0 Å². The summed E-state index contributed by atoms with van der Waals surface area (Å²) >= 11 is 0. The molecule has 0 unspecified atom stereocenters. The molecule has 0 spiro atoms. The van der Waals surface area contributed by atoms with Crippen LogP contribution in [0.4, 0.5) is 10.1 Å². The van der Waals surface area contributed by atoms with Gasteiger partial charge in [-0.2, -0.15) is 0 Å². The third-order valence-electron chi connectivity index (χ3n) is 3.37. The van der Waals surface area contributed by atoms with Gasteiger partial charge in [-0.05, 0) is 29.3 Å². The molecule has 1 aliphatic heterocycles. The summed E-state index contributed by atoms with van der Waals surface area (Å²) in [7, 11) is 0. The van der Waals surface area contributed by atoms with Crippen molar-refractivity contribution in [2.45, 2.75) is 13.1 Å².